The van der Waals surface area contributed by atoms with Gasteiger partial charge in [0.1, 0.15) is 0 Å². The first-order valence-corrected chi connectivity index (χ1v) is 11.6. The average molecular weight is 387 g/mol. The third kappa shape index (κ3) is 5.30. The number of aryl methyl sites for hydroxylation is 1. The molecule has 1 aromatic carbocycles. The number of rotatable bonds is 7. The lowest BCUT2D eigenvalue weighted by molar-refractivity contribution is -0.0277. The molecule has 1 saturated heterocycles. The number of hydrogen-bond acceptors (Lipinski definition) is 3. The summed E-state index contributed by atoms with van der Waals surface area (Å²) in [5.41, 5.74) is 4.53. The maximum atomic E-state index is 6.01. The summed E-state index contributed by atoms with van der Waals surface area (Å²) in [6, 6.07) is 7.48. The van der Waals surface area contributed by atoms with Crippen molar-refractivity contribution in [2.45, 2.75) is 103 Å². The third-order valence-electron chi connectivity index (χ3n) is 7.02. The van der Waals surface area contributed by atoms with Crippen LogP contribution in [-0.2, 0) is 4.74 Å². The Hall–Kier alpha value is -1.06. The number of likely N-dealkylation sites (tertiary alicyclic amines) is 1. The Kier molecular flexibility index (Phi) is 7.44. The summed E-state index contributed by atoms with van der Waals surface area (Å²) in [6.07, 6.45) is 9.17. The lowest BCUT2D eigenvalue weighted by Gasteiger charge is -2.48. The van der Waals surface area contributed by atoms with E-state index >= 15 is 0 Å². The molecule has 1 aliphatic heterocycles. The zero-order valence-corrected chi connectivity index (χ0v) is 18.9. The molecule has 3 nitrogen and oxygen atoms in total. The standard InChI is InChI=1S/C25H42N2O/c1-6-17-28-22-9-13-25(5,14-10-22)27-15-11-21(12-16-27)26-24-18-20(4)7-8-23(24)19(2)3/h7-8,18-19,21-22,26H,6,9-17H2,1-5H3. The summed E-state index contributed by atoms with van der Waals surface area (Å²) < 4.78 is 6.01. The van der Waals surface area contributed by atoms with Crippen molar-refractivity contribution in [3.8, 4) is 0 Å². The number of nitrogens with zero attached hydrogens (tertiary/aromatic N) is 1. The number of piperidine rings is 1. The molecule has 0 unspecified atom stereocenters. The van der Waals surface area contributed by atoms with Crippen LogP contribution in [0.5, 0.6) is 0 Å². The fourth-order valence-corrected chi connectivity index (χ4v) is 5.06. The quantitative estimate of drug-likeness (QED) is 0.610. The number of ether oxygens (including phenoxy) is 1. The van der Waals surface area contributed by atoms with Gasteiger partial charge in [0.05, 0.1) is 6.10 Å². The molecule has 0 radical (unpaired) electrons. The van der Waals surface area contributed by atoms with Gasteiger partial charge < -0.3 is 10.1 Å². The molecule has 158 valence electrons. The van der Waals surface area contributed by atoms with Crippen molar-refractivity contribution < 1.29 is 4.74 Å². The van der Waals surface area contributed by atoms with Gasteiger partial charge in [-0.3, -0.25) is 4.90 Å². The van der Waals surface area contributed by atoms with Gasteiger partial charge in [0, 0.05) is 37.0 Å². The molecule has 0 spiro atoms. The topological polar surface area (TPSA) is 24.5 Å². The molecule has 1 aliphatic carbocycles. The number of hydrogen-bond donors (Lipinski definition) is 1. The van der Waals surface area contributed by atoms with Crippen molar-refractivity contribution in [1.29, 1.82) is 0 Å². The van der Waals surface area contributed by atoms with E-state index in [0.717, 1.165) is 13.0 Å². The smallest absolute Gasteiger partial charge is 0.0576 e. The summed E-state index contributed by atoms with van der Waals surface area (Å²) in [6.45, 7) is 14.8. The van der Waals surface area contributed by atoms with Gasteiger partial charge in [0.25, 0.3) is 0 Å². The molecule has 1 N–H and O–H groups in total. The Morgan fingerprint density at radius 2 is 1.82 bits per heavy atom. The van der Waals surface area contributed by atoms with E-state index in [-0.39, 0.29) is 0 Å². The minimum Gasteiger partial charge on any atom is -0.382 e. The van der Waals surface area contributed by atoms with Crippen molar-refractivity contribution in [3.05, 3.63) is 29.3 Å². The number of nitrogens with one attached hydrogen (secondary N) is 1. The first-order valence-electron chi connectivity index (χ1n) is 11.6. The van der Waals surface area contributed by atoms with Crippen LogP contribution in [0.15, 0.2) is 18.2 Å². The second kappa shape index (κ2) is 9.63. The summed E-state index contributed by atoms with van der Waals surface area (Å²) in [4.78, 5) is 2.78. The van der Waals surface area contributed by atoms with Crippen LogP contribution in [-0.4, -0.2) is 42.3 Å². The zero-order chi connectivity index (χ0) is 20.1. The van der Waals surface area contributed by atoms with Gasteiger partial charge in [0.2, 0.25) is 0 Å². The molecule has 1 aromatic rings. The number of benzene rings is 1. The maximum Gasteiger partial charge on any atom is 0.0576 e. The molecule has 0 amide bonds. The summed E-state index contributed by atoms with van der Waals surface area (Å²) in [7, 11) is 0. The van der Waals surface area contributed by atoms with Crippen LogP contribution >= 0.6 is 0 Å². The van der Waals surface area contributed by atoms with Crippen molar-refractivity contribution in [1.82, 2.24) is 4.90 Å². The van der Waals surface area contributed by atoms with E-state index in [4.69, 9.17) is 4.74 Å². The van der Waals surface area contributed by atoms with E-state index in [9.17, 15) is 0 Å². The Labute approximate surface area is 173 Å². The lowest BCUT2D eigenvalue weighted by atomic mass is 9.79. The van der Waals surface area contributed by atoms with E-state index in [1.807, 2.05) is 0 Å². The van der Waals surface area contributed by atoms with Crippen molar-refractivity contribution in [2.75, 3.05) is 25.0 Å². The Balaban J connectivity index is 1.52. The van der Waals surface area contributed by atoms with Crippen molar-refractivity contribution >= 4 is 5.69 Å². The second-order valence-electron chi connectivity index (χ2n) is 9.72. The van der Waals surface area contributed by atoms with Gasteiger partial charge in [0.15, 0.2) is 0 Å². The van der Waals surface area contributed by atoms with Crippen LogP contribution < -0.4 is 5.32 Å². The summed E-state index contributed by atoms with van der Waals surface area (Å²) >= 11 is 0. The minimum atomic E-state index is 0.378. The zero-order valence-electron chi connectivity index (χ0n) is 18.9. The summed E-state index contributed by atoms with van der Waals surface area (Å²) in [5, 5.41) is 3.89. The highest BCUT2D eigenvalue weighted by Gasteiger charge is 2.38. The van der Waals surface area contributed by atoms with Crippen LogP contribution in [0, 0.1) is 6.92 Å². The monoisotopic (exact) mass is 386 g/mol. The molecule has 0 bridgehead atoms. The van der Waals surface area contributed by atoms with E-state index in [2.05, 4.69) is 63.0 Å². The van der Waals surface area contributed by atoms with Gasteiger partial charge in [-0.15, -0.1) is 0 Å². The average Bonchev–Trinajstić information content (AvgIpc) is 2.68. The predicted octanol–water partition coefficient (Wildman–Crippen LogP) is 6.12. The second-order valence-corrected chi connectivity index (χ2v) is 9.72. The molecule has 2 fully saturated rings. The van der Waals surface area contributed by atoms with Gasteiger partial charge >= 0.3 is 0 Å². The largest absolute Gasteiger partial charge is 0.382 e. The van der Waals surface area contributed by atoms with Crippen LogP contribution in [0.3, 0.4) is 0 Å². The highest BCUT2D eigenvalue weighted by atomic mass is 16.5. The molecular weight excluding hydrogens is 344 g/mol. The third-order valence-corrected chi connectivity index (χ3v) is 7.02. The van der Waals surface area contributed by atoms with E-state index < -0.39 is 0 Å². The molecule has 1 saturated carbocycles. The normalized spacial score (nSPS) is 27.3. The molecule has 0 atom stereocenters. The van der Waals surface area contributed by atoms with E-state index in [1.54, 1.807) is 0 Å². The predicted molar refractivity (Wildman–Crippen MR) is 120 cm³/mol. The molecule has 28 heavy (non-hydrogen) atoms. The fourth-order valence-electron chi connectivity index (χ4n) is 5.06. The van der Waals surface area contributed by atoms with Crippen LogP contribution in [0.1, 0.15) is 89.7 Å². The van der Waals surface area contributed by atoms with E-state index in [1.165, 1.54) is 68.4 Å². The Morgan fingerprint density at radius 3 is 2.43 bits per heavy atom. The Bertz CT molecular complexity index is 611. The highest BCUT2D eigenvalue weighted by molar-refractivity contribution is 5.55. The maximum absolute atomic E-state index is 6.01. The van der Waals surface area contributed by atoms with E-state index in [0.29, 0.717) is 23.6 Å². The Morgan fingerprint density at radius 1 is 1.14 bits per heavy atom. The molecule has 3 rings (SSSR count). The molecule has 1 heterocycles. The summed E-state index contributed by atoms with van der Waals surface area (Å²) in [5.74, 6) is 0.562. The van der Waals surface area contributed by atoms with Crippen LogP contribution in [0.4, 0.5) is 5.69 Å². The first kappa shape index (κ1) is 21.6. The van der Waals surface area contributed by atoms with Gasteiger partial charge in [-0.25, -0.2) is 0 Å². The lowest BCUT2D eigenvalue weighted by Crippen LogP contribution is -2.53. The molecule has 2 aliphatic rings. The van der Waals surface area contributed by atoms with Crippen molar-refractivity contribution in [2.24, 2.45) is 0 Å². The minimum absolute atomic E-state index is 0.378. The SMILES string of the molecule is CCCOC1CCC(C)(N2CCC(Nc3cc(C)ccc3C(C)C)CC2)CC1. The number of anilines is 1. The van der Waals surface area contributed by atoms with Gasteiger partial charge in [-0.2, -0.15) is 0 Å². The van der Waals surface area contributed by atoms with Crippen LogP contribution in [0.25, 0.3) is 0 Å². The molecule has 3 heteroatoms. The first-order chi connectivity index (χ1) is 13.4. The van der Waals surface area contributed by atoms with Crippen molar-refractivity contribution in [3.63, 3.8) is 0 Å². The van der Waals surface area contributed by atoms with Crippen LogP contribution in [0.2, 0.25) is 0 Å². The molecule has 0 aromatic heterocycles. The van der Waals surface area contributed by atoms with Gasteiger partial charge in [-0.1, -0.05) is 32.9 Å². The molecular formula is C25H42N2O. The highest BCUT2D eigenvalue weighted by Crippen LogP contribution is 2.37. The fraction of sp³-hybridized carbons (Fsp3) is 0.760. The van der Waals surface area contributed by atoms with Gasteiger partial charge in [-0.05, 0) is 81.9 Å².